The second kappa shape index (κ2) is 7.43. The minimum absolute atomic E-state index is 0.0170. The zero-order valence-electron chi connectivity index (χ0n) is 16.1. The first-order valence-electron chi connectivity index (χ1n) is 9.46. The van der Waals surface area contributed by atoms with Crippen molar-refractivity contribution < 1.29 is 14.4 Å². The molecule has 29 heavy (non-hydrogen) atoms. The van der Waals surface area contributed by atoms with E-state index in [1.54, 1.807) is 29.3 Å². The van der Waals surface area contributed by atoms with Crippen LogP contribution in [0.25, 0.3) is 10.9 Å². The monoisotopic (exact) mass is 390 g/mol. The Morgan fingerprint density at radius 2 is 1.97 bits per heavy atom. The average molecular weight is 390 g/mol. The van der Waals surface area contributed by atoms with Crippen LogP contribution in [0, 0.1) is 12.8 Å². The van der Waals surface area contributed by atoms with Crippen LogP contribution in [0.3, 0.4) is 0 Å². The summed E-state index contributed by atoms with van der Waals surface area (Å²) in [4.78, 5) is 41.2. The number of H-pyrrole nitrogens is 1. The van der Waals surface area contributed by atoms with Gasteiger partial charge in [-0.1, -0.05) is 29.8 Å². The molecule has 4 rings (SSSR count). The maximum absolute atomic E-state index is 12.7. The van der Waals surface area contributed by atoms with Crippen LogP contribution < -0.4 is 11.1 Å². The number of rotatable bonds is 5. The third-order valence-electron chi connectivity index (χ3n) is 5.29. The van der Waals surface area contributed by atoms with Gasteiger partial charge in [0.2, 0.25) is 11.8 Å². The number of hydrogen-bond donors (Lipinski definition) is 3. The third-order valence-corrected chi connectivity index (χ3v) is 5.29. The van der Waals surface area contributed by atoms with E-state index in [4.69, 9.17) is 5.73 Å². The SMILES string of the molecule is Cc1ccc(CN2C[C@H](C(=O)Nc3ccc4c(C(N)=O)c[nH]c4c3)CC2=O)cc1. The van der Waals surface area contributed by atoms with Crippen molar-refractivity contribution in [2.75, 3.05) is 11.9 Å². The molecule has 1 aliphatic heterocycles. The van der Waals surface area contributed by atoms with Crippen molar-refractivity contribution in [2.24, 2.45) is 11.7 Å². The average Bonchev–Trinajstić information content (AvgIpc) is 3.27. The van der Waals surface area contributed by atoms with Gasteiger partial charge in [-0.2, -0.15) is 0 Å². The fourth-order valence-electron chi connectivity index (χ4n) is 3.67. The fraction of sp³-hybridized carbons (Fsp3) is 0.227. The highest BCUT2D eigenvalue weighted by atomic mass is 16.2. The Morgan fingerprint density at radius 1 is 1.21 bits per heavy atom. The maximum atomic E-state index is 12.7. The minimum Gasteiger partial charge on any atom is -0.366 e. The smallest absolute Gasteiger partial charge is 0.250 e. The standard InChI is InChI=1S/C22H22N4O3/c1-13-2-4-14(5-3-13)11-26-12-15(8-20(26)27)22(29)25-16-6-7-17-18(21(23)28)10-24-19(17)9-16/h2-7,9-10,15,24H,8,11-12H2,1H3,(H2,23,28)(H,25,29)/t15-/m1/s1. The van der Waals surface area contributed by atoms with E-state index in [0.29, 0.717) is 35.2 Å². The van der Waals surface area contributed by atoms with E-state index in [0.717, 1.165) is 5.56 Å². The number of carbonyl (C=O) groups is 3. The number of benzene rings is 2. The summed E-state index contributed by atoms with van der Waals surface area (Å²) in [5.74, 6) is -1.11. The number of anilines is 1. The van der Waals surface area contributed by atoms with Crippen molar-refractivity contribution in [1.82, 2.24) is 9.88 Å². The summed E-state index contributed by atoms with van der Waals surface area (Å²) in [5.41, 5.74) is 9.28. The molecule has 1 saturated heterocycles. The molecule has 148 valence electrons. The molecule has 0 unspecified atom stereocenters. The van der Waals surface area contributed by atoms with Crippen LogP contribution >= 0.6 is 0 Å². The summed E-state index contributed by atoms with van der Waals surface area (Å²) in [6, 6.07) is 13.2. The lowest BCUT2D eigenvalue weighted by Crippen LogP contribution is -2.28. The molecule has 7 nitrogen and oxygen atoms in total. The van der Waals surface area contributed by atoms with Gasteiger partial charge >= 0.3 is 0 Å². The van der Waals surface area contributed by atoms with Crippen molar-refractivity contribution in [1.29, 1.82) is 0 Å². The van der Waals surface area contributed by atoms with Gasteiger partial charge in [0.1, 0.15) is 0 Å². The van der Waals surface area contributed by atoms with Gasteiger partial charge in [0.15, 0.2) is 0 Å². The van der Waals surface area contributed by atoms with E-state index in [2.05, 4.69) is 10.3 Å². The Kier molecular flexibility index (Phi) is 4.80. The Morgan fingerprint density at radius 3 is 2.69 bits per heavy atom. The van der Waals surface area contributed by atoms with Crippen molar-refractivity contribution in [3.8, 4) is 0 Å². The van der Waals surface area contributed by atoms with E-state index in [1.165, 1.54) is 5.56 Å². The Balaban J connectivity index is 1.42. The van der Waals surface area contributed by atoms with Crippen LogP contribution in [0.5, 0.6) is 0 Å². The third kappa shape index (κ3) is 3.85. The summed E-state index contributed by atoms with van der Waals surface area (Å²) >= 11 is 0. The van der Waals surface area contributed by atoms with Gasteiger partial charge < -0.3 is 20.9 Å². The van der Waals surface area contributed by atoms with Crippen LogP contribution in [-0.2, 0) is 16.1 Å². The molecule has 4 N–H and O–H groups in total. The number of aryl methyl sites for hydroxylation is 1. The molecule has 3 aromatic rings. The lowest BCUT2D eigenvalue weighted by Gasteiger charge is -2.17. The Labute approximate surface area is 167 Å². The van der Waals surface area contributed by atoms with Gasteiger partial charge in [-0.15, -0.1) is 0 Å². The molecule has 0 aliphatic carbocycles. The summed E-state index contributed by atoms with van der Waals surface area (Å²) in [6.07, 6.45) is 1.76. The van der Waals surface area contributed by atoms with Crippen LogP contribution in [0.1, 0.15) is 27.9 Å². The quantitative estimate of drug-likeness (QED) is 0.623. The van der Waals surface area contributed by atoms with Gasteiger partial charge in [0.25, 0.3) is 5.91 Å². The molecule has 3 amide bonds. The predicted octanol–water partition coefficient (Wildman–Crippen LogP) is 2.56. The molecular formula is C22H22N4O3. The minimum atomic E-state index is -0.508. The van der Waals surface area contributed by atoms with E-state index in [-0.39, 0.29) is 18.2 Å². The lowest BCUT2D eigenvalue weighted by molar-refractivity contribution is -0.128. The topological polar surface area (TPSA) is 108 Å². The van der Waals surface area contributed by atoms with Crippen LogP contribution in [0.4, 0.5) is 5.69 Å². The number of carbonyl (C=O) groups excluding carboxylic acids is 3. The van der Waals surface area contributed by atoms with Crippen molar-refractivity contribution in [2.45, 2.75) is 19.9 Å². The zero-order valence-corrected chi connectivity index (χ0v) is 16.1. The maximum Gasteiger partial charge on any atom is 0.250 e. The number of hydrogen-bond acceptors (Lipinski definition) is 3. The molecule has 2 aromatic carbocycles. The molecule has 1 atom stereocenters. The molecular weight excluding hydrogens is 368 g/mol. The van der Waals surface area contributed by atoms with Crippen molar-refractivity contribution in [3.05, 3.63) is 65.4 Å². The molecule has 1 fully saturated rings. The highest BCUT2D eigenvalue weighted by Crippen LogP contribution is 2.25. The first kappa shape index (κ1) is 18.7. The molecule has 1 aromatic heterocycles. The first-order valence-corrected chi connectivity index (χ1v) is 9.46. The summed E-state index contributed by atoms with van der Waals surface area (Å²) in [5, 5.41) is 3.58. The number of aromatic nitrogens is 1. The van der Waals surface area contributed by atoms with Crippen molar-refractivity contribution >= 4 is 34.3 Å². The Bertz CT molecular complexity index is 1100. The normalized spacial score (nSPS) is 16.4. The molecule has 1 aliphatic rings. The van der Waals surface area contributed by atoms with E-state index >= 15 is 0 Å². The van der Waals surface area contributed by atoms with Crippen LogP contribution in [-0.4, -0.2) is 34.2 Å². The molecule has 0 saturated carbocycles. The zero-order chi connectivity index (χ0) is 20.5. The van der Waals surface area contributed by atoms with E-state index in [9.17, 15) is 14.4 Å². The highest BCUT2D eigenvalue weighted by molar-refractivity contribution is 6.07. The number of nitrogens with two attached hydrogens (primary N) is 1. The van der Waals surface area contributed by atoms with Crippen molar-refractivity contribution in [3.63, 3.8) is 0 Å². The van der Waals surface area contributed by atoms with Gasteiger partial charge in [-0.25, -0.2) is 0 Å². The largest absolute Gasteiger partial charge is 0.366 e. The second-order valence-corrected chi connectivity index (χ2v) is 7.48. The van der Waals surface area contributed by atoms with Gasteiger partial charge in [-0.3, -0.25) is 14.4 Å². The van der Waals surface area contributed by atoms with Gasteiger partial charge in [0.05, 0.1) is 11.5 Å². The lowest BCUT2D eigenvalue weighted by atomic mass is 10.1. The molecule has 0 bridgehead atoms. The summed E-state index contributed by atoms with van der Waals surface area (Å²) < 4.78 is 0. The summed E-state index contributed by atoms with van der Waals surface area (Å²) in [7, 11) is 0. The van der Waals surface area contributed by atoms with E-state index in [1.807, 2.05) is 31.2 Å². The van der Waals surface area contributed by atoms with E-state index < -0.39 is 11.8 Å². The molecule has 0 spiro atoms. The predicted molar refractivity (Wildman–Crippen MR) is 110 cm³/mol. The van der Waals surface area contributed by atoms with Crippen LogP contribution in [0.15, 0.2) is 48.7 Å². The fourth-order valence-corrected chi connectivity index (χ4v) is 3.67. The molecule has 0 radical (unpaired) electrons. The van der Waals surface area contributed by atoms with Gasteiger partial charge in [0, 0.05) is 42.3 Å². The molecule has 7 heteroatoms. The van der Waals surface area contributed by atoms with Crippen LogP contribution in [0.2, 0.25) is 0 Å². The molecule has 2 heterocycles. The van der Waals surface area contributed by atoms with Gasteiger partial charge in [-0.05, 0) is 30.7 Å². The Hall–Kier alpha value is -3.61. The number of primary amides is 1. The summed E-state index contributed by atoms with van der Waals surface area (Å²) in [6.45, 7) is 2.92. The second-order valence-electron chi connectivity index (χ2n) is 7.48. The number of aromatic amines is 1. The number of amides is 3. The number of nitrogens with zero attached hydrogens (tertiary/aromatic N) is 1. The first-order chi connectivity index (χ1) is 13.9. The highest BCUT2D eigenvalue weighted by Gasteiger charge is 2.34. The number of nitrogens with one attached hydrogen (secondary N) is 2. The number of likely N-dealkylation sites (tertiary alicyclic amines) is 1. The number of fused-ring (bicyclic) bond motifs is 1.